The molecule has 6 nitrogen and oxygen atoms in total. The van der Waals surface area contributed by atoms with Gasteiger partial charge in [-0.1, -0.05) is 60.3 Å². The first kappa shape index (κ1) is 34.9. The summed E-state index contributed by atoms with van der Waals surface area (Å²) < 4.78 is 14.3. The lowest BCUT2D eigenvalue weighted by Crippen LogP contribution is -2.30. The van der Waals surface area contributed by atoms with E-state index < -0.39 is 23.7 Å². The summed E-state index contributed by atoms with van der Waals surface area (Å²) in [4.78, 5) is 29.4. The van der Waals surface area contributed by atoms with Crippen molar-refractivity contribution in [1.82, 2.24) is 4.90 Å². The topological polar surface area (TPSA) is 96.0 Å². The van der Waals surface area contributed by atoms with Crippen LogP contribution < -0.4 is 5.73 Å². The maximum Gasteiger partial charge on any atom is 0.339 e. The second kappa shape index (κ2) is 19.0. The van der Waals surface area contributed by atoms with Crippen molar-refractivity contribution < 1.29 is 19.1 Å². The maximum atomic E-state index is 14.3. The van der Waals surface area contributed by atoms with E-state index in [0.29, 0.717) is 5.57 Å². The first-order valence-electron chi connectivity index (χ1n) is 12.9. The standard InChI is InChI=1S/C23H28FN3O3.3C2H6/c1-5-19(23(29)30)22(25)26-15(3)20-12-18(24)13-27(16(20)4)21(28)11-14(2)17-9-7-6-8-10-17;3*1-2/h5,9,11-13,15H,4,6-8,10H2,1-3H3,(H2,25,26)(H,29,30);3*1-2H3/b14-11+,19-5+;;;. The number of aliphatic imine (C=N–C) groups is 1. The third kappa shape index (κ3) is 10.6. The average Bonchev–Trinajstić information content (AvgIpc) is 2.89. The molecular formula is C29H46FN3O3. The van der Waals surface area contributed by atoms with Crippen LogP contribution in [-0.4, -0.2) is 33.8 Å². The van der Waals surface area contributed by atoms with Gasteiger partial charge in [-0.3, -0.25) is 14.7 Å². The molecule has 1 heterocycles. The Bertz CT molecular complexity index is 937. The van der Waals surface area contributed by atoms with Crippen LogP contribution in [-0.2, 0) is 9.59 Å². The number of amides is 1. The SMILES string of the molecule is C=C1C(C(C)N=C(N)/C(=C\C)C(=O)O)=CC(F)=CN1C(=O)/C=C(\C)C1=CCCCC1.CC.CC.CC. The number of nitrogens with two attached hydrogens (primary N) is 1. The van der Waals surface area contributed by atoms with Crippen LogP contribution >= 0.6 is 0 Å². The van der Waals surface area contributed by atoms with Gasteiger partial charge in [0.1, 0.15) is 11.7 Å². The van der Waals surface area contributed by atoms with Gasteiger partial charge in [-0.05, 0) is 63.7 Å². The molecule has 0 saturated carbocycles. The Morgan fingerprint density at radius 2 is 1.78 bits per heavy atom. The minimum atomic E-state index is -1.21. The smallest absolute Gasteiger partial charge is 0.339 e. The normalized spacial score (nSPS) is 16.9. The van der Waals surface area contributed by atoms with E-state index in [9.17, 15) is 19.1 Å². The third-order valence-corrected chi connectivity index (χ3v) is 5.12. The van der Waals surface area contributed by atoms with Crippen LogP contribution in [0.3, 0.4) is 0 Å². The molecular weight excluding hydrogens is 457 g/mol. The Kier molecular flexibility index (Phi) is 18.5. The molecule has 0 fully saturated rings. The Balaban J connectivity index is 0. The highest BCUT2D eigenvalue weighted by molar-refractivity contribution is 6.17. The van der Waals surface area contributed by atoms with Crippen LogP contribution in [0.2, 0.25) is 0 Å². The number of hydrogen-bond acceptors (Lipinski definition) is 3. The fraction of sp³-hybridized carbons (Fsp3) is 0.483. The molecule has 202 valence electrons. The zero-order chi connectivity index (χ0) is 28.4. The van der Waals surface area contributed by atoms with Gasteiger partial charge in [-0.15, -0.1) is 0 Å². The maximum absolute atomic E-state index is 14.3. The Hall–Kier alpha value is -3.22. The number of aliphatic carboxylic acids is 1. The van der Waals surface area contributed by atoms with Gasteiger partial charge in [-0.2, -0.15) is 0 Å². The first-order valence-corrected chi connectivity index (χ1v) is 12.9. The van der Waals surface area contributed by atoms with Gasteiger partial charge in [0, 0.05) is 23.5 Å². The molecule has 7 heteroatoms. The molecule has 0 saturated heterocycles. The van der Waals surface area contributed by atoms with Crippen molar-refractivity contribution in [3.8, 4) is 0 Å². The van der Waals surface area contributed by atoms with E-state index in [4.69, 9.17) is 5.73 Å². The Labute approximate surface area is 217 Å². The highest BCUT2D eigenvalue weighted by Gasteiger charge is 2.25. The quantitative estimate of drug-likeness (QED) is 0.224. The van der Waals surface area contributed by atoms with Gasteiger partial charge in [0.2, 0.25) is 0 Å². The molecule has 1 aliphatic heterocycles. The van der Waals surface area contributed by atoms with Crippen LogP contribution in [0, 0.1) is 0 Å². The molecule has 1 amide bonds. The molecule has 0 spiro atoms. The summed E-state index contributed by atoms with van der Waals surface area (Å²) >= 11 is 0. The molecule has 0 bridgehead atoms. The van der Waals surface area contributed by atoms with E-state index in [0.717, 1.165) is 47.9 Å². The second-order valence-corrected chi connectivity index (χ2v) is 7.27. The molecule has 3 N–H and O–H groups in total. The summed E-state index contributed by atoms with van der Waals surface area (Å²) in [7, 11) is 0. The first-order chi connectivity index (χ1) is 17.1. The predicted molar refractivity (Wildman–Crippen MR) is 150 cm³/mol. The Morgan fingerprint density at radius 1 is 1.19 bits per heavy atom. The number of nitrogens with zero attached hydrogens (tertiary/aromatic N) is 2. The lowest BCUT2D eigenvalue weighted by atomic mass is 9.94. The van der Waals surface area contributed by atoms with Crippen LogP contribution in [0.15, 0.2) is 75.9 Å². The number of amidine groups is 1. The number of carboxylic acid groups (broad SMARTS) is 1. The molecule has 0 aromatic rings. The van der Waals surface area contributed by atoms with Gasteiger partial charge in [0.15, 0.2) is 0 Å². The van der Waals surface area contributed by atoms with Crippen LogP contribution in [0.25, 0.3) is 0 Å². The van der Waals surface area contributed by atoms with Gasteiger partial charge in [-0.25, -0.2) is 9.18 Å². The van der Waals surface area contributed by atoms with Gasteiger partial charge in [0.05, 0.1) is 11.6 Å². The summed E-state index contributed by atoms with van der Waals surface area (Å²) in [5, 5.41) is 9.17. The second-order valence-electron chi connectivity index (χ2n) is 7.27. The van der Waals surface area contributed by atoms with Crippen molar-refractivity contribution in [2.45, 2.75) is 94.0 Å². The van der Waals surface area contributed by atoms with Crippen LogP contribution in [0.4, 0.5) is 4.39 Å². The predicted octanol–water partition coefficient (Wildman–Crippen LogP) is 7.38. The molecule has 1 atom stereocenters. The van der Waals surface area contributed by atoms with Crippen molar-refractivity contribution in [1.29, 1.82) is 0 Å². The average molecular weight is 504 g/mol. The molecule has 36 heavy (non-hydrogen) atoms. The minimum Gasteiger partial charge on any atom is -0.478 e. The van der Waals surface area contributed by atoms with Crippen molar-refractivity contribution in [2.75, 3.05) is 0 Å². The molecule has 2 rings (SSSR count). The monoisotopic (exact) mass is 503 g/mol. The minimum absolute atomic E-state index is 0.146. The molecule has 0 aromatic carbocycles. The van der Waals surface area contributed by atoms with E-state index in [1.165, 1.54) is 25.2 Å². The number of carbonyl (C=O) groups is 2. The number of hydrogen-bond donors (Lipinski definition) is 2. The third-order valence-electron chi connectivity index (χ3n) is 5.12. The molecule has 0 aromatic heterocycles. The summed E-state index contributed by atoms with van der Waals surface area (Å²) in [6.45, 7) is 21.0. The van der Waals surface area contributed by atoms with Crippen molar-refractivity contribution >= 4 is 17.7 Å². The van der Waals surface area contributed by atoms with E-state index in [-0.39, 0.29) is 17.1 Å². The van der Waals surface area contributed by atoms with Crippen LogP contribution in [0.1, 0.15) is 88.0 Å². The molecule has 2 aliphatic rings. The van der Waals surface area contributed by atoms with E-state index in [1.54, 1.807) is 6.92 Å². The summed E-state index contributed by atoms with van der Waals surface area (Å²) in [5.41, 5.74) is 8.25. The number of carbonyl (C=O) groups excluding carboxylic acids is 1. The molecule has 1 unspecified atom stereocenters. The molecule has 0 radical (unpaired) electrons. The number of rotatable bonds is 6. The van der Waals surface area contributed by atoms with Crippen molar-refractivity contribution in [3.05, 3.63) is 70.9 Å². The van der Waals surface area contributed by atoms with Crippen molar-refractivity contribution in [2.24, 2.45) is 10.7 Å². The molecule has 1 aliphatic carbocycles. The zero-order valence-electron chi connectivity index (χ0n) is 23.6. The fourth-order valence-corrected chi connectivity index (χ4v) is 3.44. The van der Waals surface area contributed by atoms with Gasteiger partial charge < -0.3 is 10.8 Å². The lowest BCUT2D eigenvalue weighted by molar-refractivity contribution is -0.132. The van der Waals surface area contributed by atoms with E-state index in [1.807, 2.05) is 48.5 Å². The van der Waals surface area contributed by atoms with Crippen molar-refractivity contribution in [3.63, 3.8) is 0 Å². The van der Waals surface area contributed by atoms with E-state index in [2.05, 4.69) is 17.6 Å². The van der Waals surface area contributed by atoms with Gasteiger partial charge >= 0.3 is 5.97 Å². The lowest BCUT2D eigenvalue weighted by Gasteiger charge is -2.27. The fourth-order valence-electron chi connectivity index (χ4n) is 3.44. The van der Waals surface area contributed by atoms with E-state index >= 15 is 0 Å². The summed E-state index contributed by atoms with van der Waals surface area (Å²) in [5.74, 6) is -2.42. The van der Waals surface area contributed by atoms with Gasteiger partial charge in [0.25, 0.3) is 5.91 Å². The van der Waals surface area contributed by atoms with Crippen LogP contribution in [0.5, 0.6) is 0 Å². The highest BCUT2D eigenvalue weighted by Crippen LogP contribution is 2.29. The number of allylic oxidation sites excluding steroid dienone is 6. The number of halogens is 1. The largest absolute Gasteiger partial charge is 0.478 e. The Morgan fingerprint density at radius 3 is 2.25 bits per heavy atom. The zero-order valence-corrected chi connectivity index (χ0v) is 23.6. The number of carboxylic acids is 1. The summed E-state index contributed by atoms with van der Waals surface area (Å²) in [6, 6.07) is -0.701. The highest BCUT2D eigenvalue weighted by atomic mass is 19.1. The summed E-state index contributed by atoms with van der Waals surface area (Å²) in [6.07, 6.45) is 11.4.